The normalized spacial score (nSPS) is 10.9. The fourth-order valence-corrected chi connectivity index (χ4v) is 3.88. The lowest BCUT2D eigenvalue weighted by molar-refractivity contribution is -0.119. The standard InChI is InChI=1S/C17H17ClN2O6S/c1-10-7-12(18)15(8-14(10)26-9-16(19)21)27(23,24)20-13-6-4-3-5-11(13)17(22)25-2/h3-8,20H,9H2,1-2H3,(H2,19,21). The van der Waals surface area contributed by atoms with Crippen LogP contribution in [0.3, 0.4) is 0 Å². The maximum Gasteiger partial charge on any atom is 0.339 e. The van der Waals surface area contributed by atoms with Gasteiger partial charge in [-0.3, -0.25) is 9.52 Å². The molecule has 1 amide bonds. The summed E-state index contributed by atoms with van der Waals surface area (Å²) in [6.07, 6.45) is 0. The number of rotatable bonds is 7. The molecule has 2 aromatic carbocycles. The number of amides is 1. The number of hydrogen-bond acceptors (Lipinski definition) is 6. The van der Waals surface area contributed by atoms with Crippen molar-refractivity contribution in [3.63, 3.8) is 0 Å². The van der Waals surface area contributed by atoms with Crippen molar-refractivity contribution in [3.05, 3.63) is 52.5 Å². The highest BCUT2D eigenvalue weighted by Gasteiger charge is 2.23. The molecule has 144 valence electrons. The van der Waals surface area contributed by atoms with Gasteiger partial charge in [-0.15, -0.1) is 0 Å². The van der Waals surface area contributed by atoms with E-state index in [0.717, 1.165) is 0 Å². The first-order valence-corrected chi connectivity index (χ1v) is 9.43. The Bertz CT molecular complexity index is 991. The highest BCUT2D eigenvalue weighted by molar-refractivity contribution is 7.92. The van der Waals surface area contributed by atoms with Crippen LogP contribution in [0.2, 0.25) is 5.02 Å². The zero-order valence-corrected chi connectivity index (χ0v) is 16.1. The van der Waals surface area contributed by atoms with E-state index < -0.39 is 28.5 Å². The molecule has 3 N–H and O–H groups in total. The van der Waals surface area contributed by atoms with Gasteiger partial charge in [0.25, 0.3) is 15.9 Å². The van der Waals surface area contributed by atoms with Crippen molar-refractivity contribution in [2.75, 3.05) is 18.4 Å². The second-order valence-corrected chi connectivity index (χ2v) is 7.50. The van der Waals surface area contributed by atoms with Crippen LogP contribution in [0.5, 0.6) is 5.75 Å². The van der Waals surface area contributed by atoms with Gasteiger partial charge in [0.1, 0.15) is 10.6 Å². The van der Waals surface area contributed by atoms with Crippen molar-refractivity contribution in [1.82, 2.24) is 0 Å². The van der Waals surface area contributed by atoms with Crippen LogP contribution >= 0.6 is 11.6 Å². The number of esters is 1. The summed E-state index contributed by atoms with van der Waals surface area (Å²) >= 11 is 6.09. The Morgan fingerprint density at radius 1 is 1.22 bits per heavy atom. The SMILES string of the molecule is COC(=O)c1ccccc1NS(=O)(=O)c1cc(OCC(N)=O)c(C)cc1Cl. The molecule has 0 aliphatic carbocycles. The molecule has 0 saturated heterocycles. The van der Waals surface area contributed by atoms with E-state index in [1.165, 1.54) is 31.4 Å². The number of carbonyl (C=O) groups is 2. The van der Waals surface area contributed by atoms with E-state index >= 15 is 0 Å². The van der Waals surface area contributed by atoms with Gasteiger partial charge >= 0.3 is 5.97 Å². The molecular weight excluding hydrogens is 396 g/mol. The molecule has 0 aromatic heterocycles. The van der Waals surface area contributed by atoms with E-state index in [0.29, 0.717) is 5.56 Å². The number of primary amides is 1. The van der Waals surface area contributed by atoms with Crippen molar-refractivity contribution in [2.24, 2.45) is 5.73 Å². The smallest absolute Gasteiger partial charge is 0.339 e. The van der Waals surface area contributed by atoms with Crippen LogP contribution in [0.15, 0.2) is 41.3 Å². The zero-order chi connectivity index (χ0) is 20.2. The topological polar surface area (TPSA) is 125 Å². The van der Waals surface area contributed by atoms with Crippen molar-refractivity contribution in [3.8, 4) is 5.75 Å². The van der Waals surface area contributed by atoms with Gasteiger partial charge in [0.15, 0.2) is 6.61 Å². The van der Waals surface area contributed by atoms with Gasteiger partial charge in [0.2, 0.25) is 0 Å². The van der Waals surface area contributed by atoms with Crippen LogP contribution in [-0.4, -0.2) is 34.0 Å². The molecule has 8 nitrogen and oxygen atoms in total. The molecule has 0 aliphatic rings. The van der Waals surface area contributed by atoms with Gasteiger partial charge in [0.05, 0.1) is 23.4 Å². The van der Waals surface area contributed by atoms with Gasteiger partial charge in [0, 0.05) is 6.07 Å². The maximum atomic E-state index is 12.8. The zero-order valence-electron chi connectivity index (χ0n) is 14.5. The molecule has 2 aromatic rings. The summed E-state index contributed by atoms with van der Waals surface area (Å²) in [7, 11) is -2.98. The minimum Gasteiger partial charge on any atom is -0.483 e. The predicted molar refractivity (Wildman–Crippen MR) is 99.5 cm³/mol. The highest BCUT2D eigenvalue weighted by atomic mass is 35.5. The number of nitrogens with two attached hydrogens (primary N) is 1. The van der Waals surface area contributed by atoms with Crippen molar-refractivity contribution in [1.29, 1.82) is 0 Å². The third-order valence-corrected chi connectivity index (χ3v) is 5.30. The van der Waals surface area contributed by atoms with E-state index in [1.54, 1.807) is 19.1 Å². The average Bonchev–Trinajstić information content (AvgIpc) is 2.60. The fraction of sp³-hybridized carbons (Fsp3) is 0.176. The van der Waals surface area contributed by atoms with Crippen LogP contribution in [0.4, 0.5) is 5.69 Å². The molecule has 2 rings (SSSR count). The summed E-state index contributed by atoms with van der Waals surface area (Å²) in [4.78, 5) is 22.4. The Balaban J connectivity index is 2.44. The van der Waals surface area contributed by atoms with Crippen LogP contribution in [0, 0.1) is 6.92 Å². The molecule has 0 bridgehead atoms. The number of aryl methyl sites for hydroxylation is 1. The van der Waals surface area contributed by atoms with Gasteiger partial charge < -0.3 is 15.2 Å². The highest BCUT2D eigenvalue weighted by Crippen LogP contribution is 2.31. The average molecular weight is 413 g/mol. The molecule has 0 fully saturated rings. The van der Waals surface area contributed by atoms with E-state index in [4.69, 9.17) is 22.1 Å². The van der Waals surface area contributed by atoms with Gasteiger partial charge in [-0.2, -0.15) is 0 Å². The molecular formula is C17H17ClN2O6S. The molecule has 0 saturated carbocycles. The lowest BCUT2D eigenvalue weighted by atomic mass is 10.2. The number of ether oxygens (including phenoxy) is 2. The van der Waals surface area contributed by atoms with Crippen molar-refractivity contribution < 1.29 is 27.5 Å². The van der Waals surface area contributed by atoms with Gasteiger partial charge in [-0.1, -0.05) is 23.7 Å². The molecule has 0 heterocycles. The van der Waals surface area contributed by atoms with E-state index in [-0.39, 0.29) is 26.9 Å². The summed E-state index contributed by atoms with van der Waals surface area (Å²) in [5, 5.41) is -0.0537. The second kappa shape index (κ2) is 8.28. The van der Waals surface area contributed by atoms with Crippen LogP contribution in [-0.2, 0) is 19.6 Å². The molecule has 0 unspecified atom stereocenters. The molecule has 27 heavy (non-hydrogen) atoms. The van der Waals surface area contributed by atoms with Crippen LogP contribution < -0.4 is 15.2 Å². The van der Waals surface area contributed by atoms with E-state index in [1.807, 2.05) is 0 Å². The van der Waals surface area contributed by atoms with E-state index in [2.05, 4.69) is 9.46 Å². The number of halogens is 1. The Kier molecular flexibility index (Phi) is 6.29. The Morgan fingerprint density at radius 3 is 2.52 bits per heavy atom. The number of anilines is 1. The quantitative estimate of drug-likeness (QED) is 0.671. The van der Waals surface area contributed by atoms with Crippen LogP contribution in [0.25, 0.3) is 0 Å². The number of methoxy groups -OCH3 is 1. The summed E-state index contributed by atoms with van der Waals surface area (Å²) in [5.74, 6) is -1.27. The number of carbonyl (C=O) groups excluding carboxylic acids is 2. The minimum atomic E-state index is -4.17. The Morgan fingerprint density at radius 2 is 1.89 bits per heavy atom. The summed E-state index contributed by atoms with van der Waals surface area (Å²) in [6, 6.07) is 8.53. The fourth-order valence-electron chi connectivity index (χ4n) is 2.20. The molecule has 10 heteroatoms. The number of para-hydroxylation sites is 1. The molecule has 0 spiro atoms. The molecule has 0 radical (unpaired) electrons. The Hall–Kier alpha value is -2.78. The number of hydrogen-bond donors (Lipinski definition) is 2. The van der Waals surface area contributed by atoms with Gasteiger partial charge in [-0.05, 0) is 30.7 Å². The predicted octanol–water partition coefficient (Wildman–Crippen LogP) is 2.10. The first-order valence-electron chi connectivity index (χ1n) is 7.57. The first-order chi connectivity index (χ1) is 12.7. The molecule has 0 aliphatic heterocycles. The van der Waals surface area contributed by atoms with E-state index in [9.17, 15) is 18.0 Å². The lowest BCUT2D eigenvalue weighted by Crippen LogP contribution is -2.21. The number of benzene rings is 2. The third-order valence-electron chi connectivity index (χ3n) is 3.47. The molecule has 0 atom stereocenters. The van der Waals surface area contributed by atoms with Crippen molar-refractivity contribution in [2.45, 2.75) is 11.8 Å². The minimum absolute atomic E-state index is 0.0283. The second-order valence-electron chi connectivity index (χ2n) is 5.45. The Labute approximate surface area is 161 Å². The number of nitrogens with one attached hydrogen (secondary N) is 1. The largest absolute Gasteiger partial charge is 0.483 e. The maximum absolute atomic E-state index is 12.8. The van der Waals surface area contributed by atoms with Crippen LogP contribution in [0.1, 0.15) is 15.9 Å². The lowest BCUT2D eigenvalue weighted by Gasteiger charge is -2.15. The third kappa shape index (κ3) is 4.89. The summed E-state index contributed by atoms with van der Waals surface area (Å²) < 4.78 is 37.8. The van der Waals surface area contributed by atoms with Crippen molar-refractivity contribution >= 4 is 39.2 Å². The number of sulfonamides is 1. The summed E-state index contributed by atoms with van der Waals surface area (Å²) in [6.45, 7) is 1.22. The monoisotopic (exact) mass is 412 g/mol. The van der Waals surface area contributed by atoms with Gasteiger partial charge in [-0.25, -0.2) is 13.2 Å². The first kappa shape index (κ1) is 20.5. The summed E-state index contributed by atoms with van der Waals surface area (Å²) in [5.41, 5.74) is 5.63.